The summed E-state index contributed by atoms with van der Waals surface area (Å²) in [4.78, 5) is 38.3. The molecule has 0 aliphatic carbocycles. The molecule has 0 bridgehead atoms. The molecule has 0 aromatic heterocycles. The second kappa shape index (κ2) is 69.1. The molecule has 0 fully saturated rings. The smallest absolute Gasteiger partial charge is 0.306 e. The molecule has 0 aromatic rings. The van der Waals surface area contributed by atoms with E-state index in [1.54, 1.807) is 0 Å². The molecule has 0 aromatic carbocycles. The van der Waals surface area contributed by atoms with E-state index in [0.717, 1.165) is 109 Å². The zero-order valence-electron chi connectivity index (χ0n) is 53.8. The zero-order valence-corrected chi connectivity index (χ0v) is 53.8. The van der Waals surface area contributed by atoms with E-state index < -0.39 is 6.10 Å². The molecular weight excluding hydrogens is 997 g/mol. The topological polar surface area (TPSA) is 78.9 Å². The zero-order chi connectivity index (χ0) is 58.5. The molecule has 6 heteroatoms. The molecular formula is C75H132O6. The van der Waals surface area contributed by atoms with Crippen LogP contribution in [0.3, 0.4) is 0 Å². The molecule has 0 heterocycles. The van der Waals surface area contributed by atoms with Crippen LogP contribution in [0.4, 0.5) is 0 Å². The third kappa shape index (κ3) is 67.3. The quantitative estimate of drug-likeness (QED) is 0.0261. The van der Waals surface area contributed by atoms with Gasteiger partial charge in [-0.05, 0) is 77.0 Å². The van der Waals surface area contributed by atoms with E-state index in [2.05, 4.69) is 106 Å². The van der Waals surface area contributed by atoms with Gasteiger partial charge in [0.25, 0.3) is 0 Å². The predicted molar refractivity (Wildman–Crippen MR) is 353 cm³/mol. The Kier molecular flexibility index (Phi) is 66.2. The third-order valence-corrected chi connectivity index (χ3v) is 15.4. The summed E-state index contributed by atoms with van der Waals surface area (Å²) in [5.41, 5.74) is 0. The molecule has 81 heavy (non-hydrogen) atoms. The summed E-state index contributed by atoms with van der Waals surface area (Å²) in [5, 5.41) is 0. The Balaban J connectivity index is 4.22. The number of hydrogen-bond donors (Lipinski definition) is 0. The third-order valence-electron chi connectivity index (χ3n) is 15.4. The van der Waals surface area contributed by atoms with E-state index >= 15 is 0 Å². The van der Waals surface area contributed by atoms with Crippen molar-refractivity contribution in [3.05, 3.63) is 85.1 Å². The van der Waals surface area contributed by atoms with Crippen molar-refractivity contribution in [3.63, 3.8) is 0 Å². The Labute approximate surface area is 503 Å². The van der Waals surface area contributed by atoms with Crippen LogP contribution in [0, 0.1) is 0 Å². The fourth-order valence-electron chi connectivity index (χ4n) is 10.2. The van der Waals surface area contributed by atoms with Crippen LogP contribution in [0.5, 0.6) is 0 Å². The Morgan fingerprint density at radius 3 is 0.753 bits per heavy atom. The number of unbranched alkanes of at least 4 members (excludes halogenated alkanes) is 39. The van der Waals surface area contributed by atoms with Gasteiger partial charge in [0.15, 0.2) is 6.10 Å². The van der Waals surface area contributed by atoms with E-state index in [1.807, 2.05) is 0 Å². The average molecular weight is 1130 g/mol. The fourth-order valence-corrected chi connectivity index (χ4v) is 10.2. The standard InChI is InChI=1S/C75H132O6/c1-4-7-10-13-16-19-22-24-26-28-30-32-34-36-37-38-39-40-42-43-45-47-49-51-53-56-59-62-65-68-74(77)80-71-72(70-79-73(76)67-64-61-58-55-21-18-15-12-9-6-3)81-75(78)69-66-63-60-57-54-52-50-48-46-44-41-35-33-31-29-27-25-23-20-17-14-11-8-5-2/h7,10,16,19,24,26,30,32,36-37,39-40,43,45,72H,4-6,8-9,11-15,17-18,20-23,25,27-29,31,33-35,38,41-42,44,46-71H2,1-3H3/b10-7-,19-16-,26-24-,32-30-,37-36-,40-39-,45-43-. The number of allylic oxidation sites excluding steroid dienone is 14. The lowest BCUT2D eigenvalue weighted by Crippen LogP contribution is -2.30. The molecule has 6 nitrogen and oxygen atoms in total. The highest BCUT2D eigenvalue weighted by molar-refractivity contribution is 5.71. The lowest BCUT2D eigenvalue weighted by Gasteiger charge is -2.18. The summed E-state index contributed by atoms with van der Waals surface area (Å²) < 4.78 is 16.9. The van der Waals surface area contributed by atoms with Gasteiger partial charge < -0.3 is 14.2 Å². The number of carbonyl (C=O) groups is 3. The van der Waals surface area contributed by atoms with Crippen LogP contribution in [0.25, 0.3) is 0 Å². The maximum atomic E-state index is 12.9. The van der Waals surface area contributed by atoms with Crippen molar-refractivity contribution in [1.82, 2.24) is 0 Å². The number of carbonyl (C=O) groups excluding carboxylic acids is 3. The van der Waals surface area contributed by atoms with Crippen molar-refractivity contribution in [2.75, 3.05) is 13.2 Å². The van der Waals surface area contributed by atoms with Crippen LogP contribution in [0.15, 0.2) is 85.1 Å². The molecule has 0 spiro atoms. The van der Waals surface area contributed by atoms with Gasteiger partial charge in [0, 0.05) is 19.3 Å². The molecule has 1 unspecified atom stereocenters. The first-order valence-corrected chi connectivity index (χ1v) is 35.1. The first-order valence-electron chi connectivity index (χ1n) is 35.1. The molecule has 0 saturated heterocycles. The maximum absolute atomic E-state index is 12.9. The van der Waals surface area contributed by atoms with Crippen LogP contribution in [-0.4, -0.2) is 37.2 Å². The van der Waals surface area contributed by atoms with Crippen molar-refractivity contribution in [2.24, 2.45) is 0 Å². The van der Waals surface area contributed by atoms with Gasteiger partial charge in [-0.25, -0.2) is 0 Å². The monoisotopic (exact) mass is 1130 g/mol. The van der Waals surface area contributed by atoms with Gasteiger partial charge in [0.2, 0.25) is 0 Å². The first kappa shape index (κ1) is 77.6. The number of rotatable bonds is 64. The predicted octanol–water partition coefficient (Wildman–Crippen LogP) is 24.2. The normalized spacial score (nSPS) is 12.6. The van der Waals surface area contributed by atoms with E-state index in [-0.39, 0.29) is 31.1 Å². The van der Waals surface area contributed by atoms with Crippen LogP contribution in [-0.2, 0) is 28.6 Å². The van der Waals surface area contributed by atoms with Gasteiger partial charge in [0.05, 0.1) is 0 Å². The molecule has 0 rings (SSSR count). The molecule has 0 saturated carbocycles. The Bertz CT molecular complexity index is 1530. The van der Waals surface area contributed by atoms with Crippen molar-refractivity contribution in [1.29, 1.82) is 0 Å². The van der Waals surface area contributed by atoms with Crippen molar-refractivity contribution in [2.45, 2.75) is 361 Å². The van der Waals surface area contributed by atoms with Crippen LogP contribution >= 0.6 is 0 Å². The Morgan fingerprint density at radius 1 is 0.259 bits per heavy atom. The summed E-state index contributed by atoms with van der Waals surface area (Å²) in [7, 11) is 0. The fraction of sp³-hybridized carbons (Fsp3) is 0.773. The van der Waals surface area contributed by atoms with E-state index in [1.165, 1.54) is 205 Å². The van der Waals surface area contributed by atoms with Gasteiger partial charge in [-0.3, -0.25) is 14.4 Å². The largest absolute Gasteiger partial charge is 0.462 e. The molecule has 0 amide bonds. The SMILES string of the molecule is CC/C=C\C/C=C\C/C=C\C/C=C\C/C=C\C/C=C\C/C=C\CCCCCCCCCC(=O)OCC(COC(=O)CCCCCCCCCCCC)OC(=O)CCCCCCCCCCCCCCCCCCCCCCCCCC. The van der Waals surface area contributed by atoms with Gasteiger partial charge in [0.1, 0.15) is 13.2 Å². The van der Waals surface area contributed by atoms with Gasteiger partial charge in [-0.2, -0.15) is 0 Å². The number of ether oxygens (including phenoxy) is 3. The number of hydrogen-bond acceptors (Lipinski definition) is 6. The van der Waals surface area contributed by atoms with Crippen molar-refractivity contribution in [3.8, 4) is 0 Å². The van der Waals surface area contributed by atoms with Gasteiger partial charge in [-0.1, -0.05) is 343 Å². The van der Waals surface area contributed by atoms with Crippen LogP contribution < -0.4 is 0 Å². The summed E-state index contributed by atoms with van der Waals surface area (Å²) >= 11 is 0. The summed E-state index contributed by atoms with van der Waals surface area (Å²) in [5.74, 6) is -0.869. The molecule has 1 atom stereocenters. The summed E-state index contributed by atoms with van der Waals surface area (Å²) in [6.45, 7) is 6.56. The highest BCUT2D eigenvalue weighted by atomic mass is 16.6. The molecule has 0 N–H and O–H groups in total. The minimum atomic E-state index is -0.779. The molecule has 0 radical (unpaired) electrons. The van der Waals surface area contributed by atoms with Crippen LogP contribution in [0.2, 0.25) is 0 Å². The minimum Gasteiger partial charge on any atom is -0.462 e. The lowest BCUT2D eigenvalue weighted by molar-refractivity contribution is -0.167. The Morgan fingerprint density at radius 2 is 0.481 bits per heavy atom. The van der Waals surface area contributed by atoms with E-state index in [0.29, 0.717) is 19.3 Å². The van der Waals surface area contributed by atoms with Crippen molar-refractivity contribution >= 4 is 17.9 Å². The second-order valence-corrected chi connectivity index (χ2v) is 23.4. The van der Waals surface area contributed by atoms with E-state index in [9.17, 15) is 14.4 Å². The number of esters is 3. The Hall–Kier alpha value is -3.41. The lowest BCUT2D eigenvalue weighted by atomic mass is 10.0. The second-order valence-electron chi connectivity index (χ2n) is 23.4. The van der Waals surface area contributed by atoms with Crippen LogP contribution in [0.1, 0.15) is 355 Å². The summed E-state index contributed by atoms with van der Waals surface area (Å²) in [6.07, 6.45) is 91.9. The highest BCUT2D eigenvalue weighted by Crippen LogP contribution is 2.18. The first-order chi connectivity index (χ1) is 40.0. The summed E-state index contributed by atoms with van der Waals surface area (Å²) in [6, 6.07) is 0. The van der Waals surface area contributed by atoms with E-state index in [4.69, 9.17) is 14.2 Å². The van der Waals surface area contributed by atoms with Crippen molar-refractivity contribution < 1.29 is 28.6 Å². The highest BCUT2D eigenvalue weighted by Gasteiger charge is 2.19. The molecule has 0 aliphatic heterocycles. The average Bonchev–Trinajstić information content (AvgIpc) is 3.47. The molecule has 468 valence electrons. The minimum absolute atomic E-state index is 0.0751. The van der Waals surface area contributed by atoms with Gasteiger partial charge >= 0.3 is 17.9 Å². The molecule has 0 aliphatic rings. The maximum Gasteiger partial charge on any atom is 0.306 e. The van der Waals surface area contributed by atoms with Gasteiger partial charge in [-0.15, -0.1) is 0 Å².